The molecular formula is C13H26O4Si. The minimum absolute atomic E-state index is 0.0859. The molecule has 0 aromatic carbocycles. The van der Waals surface area contributed by atoms with Crippen molar-refractivity contribution in [2.75, 3.05) is 7.11 Å². The quantitative estimate of drug-likeness (QED) is 0.407. The number of carbonyl (C=O) groups excluding carboxylic acids is 2. The van der Waals surface area contributed by atoms with Gasteiger partial charge in [0.25, 0.3) is 0 Å². The standard InChI is InChI=1S/C13H26O4Si/c1-13(2,3)18(5,6)17-11(8-7-9-14)10-12(15)16-4/h9,11H,7-8,10H2,1-6H3/t11-/m1/s1. The van der Waals surface area contributed by atoms with E-state index in [4.69, 9.17) is 4.43 Å². The van der Waals surface area contributed by atoms with Crippen LogP contribution >= 0.6 is 0 Å². The Labute approximate surface area is 111 Å². The maximum Gasteiger partial charge on any atom is 0.308 e. The van der Waals surface area contributed by atoms with Gasteiger partial charge in [-0.15, -0.1) is 0 Å². The molecule has 0 aromatic rings. The molecule has 0 rings (SSSR count). The van der Waals surface area contributed by atoms with Gasteiger partial charge in [0, 0.05) is 6.42 Å². The van der Waals surface area contributed by atoms with Gasteiger partial charge in [0.05, 0.1) is 19.6 Å². The molecule has 0 aromatic heterocycles. The Hall–Kier alpha value is -0.683. The first kappa shape index (κ1) is 17.3. The Morgan fingerprint density at radius 2 is 1.89 bits per heavy atom. The molecule has 5 heteroatoms. The summed E-state index contributed by atoms with van der Waals surface area (Å²) in [7, 11) is -0.555. The van der Waals surface area contributed by atoms with Gasteiger partial charge in [0.1, 0.15) is 6.29 Å². The summed E-state index contributed by atoms with van der Waals surface area (Å²) in [5.41, 5.74) is 0. The molecule has 1 atom stereocenters. The van der Waals surface area contributed by atoms with Crippen molar-refractivity contribution in [3.05, 3.63) is 0 Å². The van der Waals surface area contributed by atoms with Crippen LogP contribution in [0.25, 0.3) is 0 Å². The average Bonchev–Trinajstić information content (AvgIpc) is 2.23. The van der Waals surface area contributed by atoms with Gasteiger partial charge in [-0.25, -0.2) is 0 Å². The number of hydrogen-bond donors (Lipinski definition) is 0. The molecule has 0 radical (unpaired) electrons. The summed E-state index contributed by atoms with van der Waals surface area (Å²) in [6.07, 6.45) is 1.85. The Morgan fingerprint density at radius 1 is 1.33 bits per heavy atom. The maximum atomic E-state index is 11.3. The second-order valence-corrected chi connectivity index (χ2v) is 10.8. The van der Waals surface area contributed by atoms with Crippen molar-refractivity contribution in [1.82, 2.24) is 0 Å². The molecule has 106 valence electrons. The molecule has 0 unspecified atom stereocenters. The molecule has 0 aliphatic rings. The van der Waals surface area contributed by atoms with Crippen LogP contribution in [0.3, 0.4) is 0 Å². The van der Waals surface area contributed by atoms with E-state index in [0.29, 0.717) is 12.8 Å². The molecule has 4 nitrogen and oxygen atoms in total. The third-order valence-electron chi connectivity index (χ3n) is 3.50. The van der Waals surface area contributed by atoms with Crippen LogP contribution in [-0.2, 0) is 18.8 Å². The fourth-order valence-electron chi connectivity index (χ4n) is 1.32. The van der Waals surface area contributed by atoms with E-state index in [0.717, 1.165) is 6.29 Å². The second-order valence-electron chi connectivity index (χ2n) is 6.02. The van der Waals surface area contributed by atoms with Crippen molar-refractivity contribution in [3.8, 4) is 0 Å². The Morgan fingerprint density at radius 3 is 2.28 bits per heavy atom. The van der Waals surface area contributed by atoms with Gasteiger partial charge in [-0.05, 0) is 24.6 Å². The van der Waals surface area contributed by atoms with Crippen LogP contribution in [0.4, 0.5) is 0 Å². The zero-order valence-corrected chi connectivity index (χ0v) is 13.4. The molecule has 0 heterocycles. The van der Waals surface area contributed by atoms with Gasteiger partial charge in [0.15, 0.2) is 8.32 Å². The molecule has 0 saturated heterocycles. The molecule has 0 spiro atoms. The van der Waals surface area contributed by atoms with Crippen LogP contribution in [0.1, 0.15) is 40.0 Å². The van der Waals surface area contributed by atoms with E-state index >= 15 is 0 Å². The Balaban J connectivity index is 4.66. The van der Waals surface area contributed by atoms with E-state index in [-0.39, 0.29) is 23.5 Å². The third-order valence-corrected chi connectivity index (χ3v) is 8.03. The zero-order valence-electron chi connectivity index (χ0n) is 12.4. The Kier molecular flexibility index (Phi) is 6.77. The number of aldehydes is 1. The first-order chi connectivity index (χ1) is 8.14. The number of hydrogen-bond acceptors (Lipinski definition) is 4. The third kappa shape index (κ3) is 5.77. The van der Waals surface area contributed by atoms with Gasteiger partial charge in [-0.3, -0.25) is 4.79 Å². The van der Waals surface area contributed by atoms with Crippen LogP contribution in [0, 0.1) is 0 Å². The van der Waals surface area contributed by atoms with E-state index in [9.17, 15) is 9.59 Å². The van der Waals surface area contributed by atoms with Gasteiger partial charge in [0.2, 0.25) is 0 Å². The summed E-state index contributed by atoms with van der Waals surface area (Å²) in [6.45, 7) is 10.7. The minimum atomic E-state index is -1.92. The first-order valence-corrected chi connectivity index (χ1v) is 9.23. The summed E-state index contributed by atoms with van der Waals surface area (Å²) >= 11 is 0. The normalized spacial score (nSPS) is 14.1. The van der Waals surface area contributed by atoms with Crippen LogP contribution < -0.4 is 0 Å². The highest BCUT2D eigenvalue weighted by Crippen LogP contribution is 2.38. The smallest absolute Gasteiger partial charge is 0.308 e. The van der Waals surface area contributed by atoms with Crippen molar-refractivity contribution in [2.24, 2.45) is 0 Å². The highest BCUT2D eigenvalue weighted by atomic mass is 28.4. The lowest BCUT2D eigenvalue weighted by atomic mass is 10.1. The zero-order chi connectivity index (χ0) is 14.4. The van der Waals surface area contributed by atoms with Gasteiger partial charge in [-0.2, -0.15) is 0 Å². The summed E-state index contributed by atoms with van der Waals surface area (Å²) in [5.74, 6) is -0.287. The van der Waals surface area contributed by atoms with Crippen LogP contribution in [0.2, 0.25) is 18.1 Å². The van der Waals surface area contributed by atoms with Crippen LogP contribution in [0.15, 0.2) is 0 Å². The van der Waals surface area contributed by atoms with Gasteiger partial charge >= 0.3 is 5.97 Å². The van der Waals surface area contributed by atoms with Crippen LogP contribution in [-0.4, -0.2) is 33.8 Å². The molecule has 0 fully saturated rings. The molecule has 0 aliphatic heterocycles. The molecule has 0 aliphatic carbocycles. The van der Waals surface area contributed by atoms with Crippen molar-refractivity contribution in [3.63, 3.8) is 0 Å². The lowest BCUT2D eigenvalue weighted by Crippen LogP contribution is -2.44. The monoisotopic (exact) mass is 274 g/mol. The highest BCUT2D eigenvalue weighted by molar-refractivity contribution is 6.74. The van der Waals surface area contributed by atoms with Crippen molar-refractivity contribution in [1.29, 1.82) is 0 Å². The first-order valence-electron chi connectivity index (χ1n) is 6.32. The van der Waals surface area contributed by atoms with Crippen molar-refractivity contribution in [2.45, 2.75) is 64.3 Å². The van der Waals surface area contributed by atoms with E-state index in [1.807, 2.05) is 0 Å². The van der Waals surface area contributed by atoms with Gasteiger partial charge < -0.3 is 14.0 Å². The van der Waals surface area contributed by atoms with E-state index in [1.54, 1.807) is 0 Å². The summed E-state index contributed by atoms with van der Waals surface area (Å²) in [6, 6.07) is 0. The molecule has 0 N–H and O–H groups in total. The second kappa shape index (κ2) is 7.04. The number of methoxy groups -OCH3 is 1. The van der Waals surface area contributed by atoms with Crippen molar-refractivity contribution >= 4 is 20.6 Å². The summed E-state index contributed by atoms with van der Waals surface area (Å²) in [5, 5.41) is 0.0859. The molecule has 0 amide bonds. The lowest BCUT2D eigenvalue weighted by molar-refractivity contribution is -0.142. The molecular weight excluding hydrogens is 248 g/mol. The lowest BCUT2D eigenvalue weighted by Gasteiger charge is -2.39. The summed E-state index contributed by atoms with van der Waals surface area (Å²) in [4.78, 5) is 21.8. The number of esters is 1. The number of rotatable bonds is 7. The predicted octanol–water partition coefficient (Wildman–Crippen LogP) is 2.92. The van der Waals surface area contributed by atoms with Crippen molar-refractivity contribution < 1.29 is 18.8 Å². The van der Waals surface area contributed by atoms with Gasteiger partial charge in [-0.1, -0.05) is 20.8 Å². The minimum Gasteiger partial charge on any atom is -0.469 e. The molecule has 18 heavy (non-hydrogen) atoms. The summed E-state index contributed by atoms with van der Waals surface area (Å²) < 4.78 is 10.8. The largest absolute Gasteiger partial charge is 0.469 e. The van der Waals surface area contributed by atoms with E-state index in [2.05, 4.69) is 38.6 Å². The molecule has 0 bridgehead atoms. The Bertz CT molecular complexity index is 281. The van der Waals surface area contributed by atoms with E-state index in [1.165, 1.54) is 7.11 Å². The molecule has 0 saturated carbocycles. The highest BCUT2D eigenvalue weighted by Gasteiger charge is 2.39. The average molecular weight is 274 g/mol. The topological polar surface area (TPSA) is 52.6 Å². The predicted molar refractivity (Wildman–Crippen MR) is 74.0 cm³/mol. The fraction of sp³-hybridized carbons (Fsp3) is 0.846. The number of ether oxygens (including phenoxy) is 1. The number of carbonyl (C=O) groups is 2. The fourth-order valence-corrected chi connectivity index (χ4v) is 2.71. The maximum absolute atomic E-state index is 11.3. The van der Waals surface area contributed by atoms with E-state index < -0.39 is 8.32 Å². The SMILES string of the molecule is COC(=O)C[C@@H](CCC=O)O[Si](C)(C)C(C)(C)C. The van der Waals surface area contributed by atoms with Crippen LogP contribution in [0.5, 0.6) is 0 Å².